The van der Waals surface area contributed by atoms with Crippen molar-refractivity contribution in [3.8, 4) is 0 Å². The van der Waals surface area contributed by atoms with Crippen molar-refractivity contribution in [1.82, 2.24) is 10.2 Å². The van der Waals surface area contributed by atoms with Gasteiger partial charge < -0.3 is 10.2 Å². The fraction of sp³-hybridized carbons (Fsp3) is 0.867. The summed E-state index contributed by atoms with van der Waals surface area (Å²) >= 11 is 0. The summed E-state index contributed by atoms with van der Waals surface area (Å²) in [5.41, 5.74) is 0. The van der Waals surface area contributed by atoms with Gasteiger partial charge in [-0.15, -0.1) is 0 Å². The summed E-state index contributed by atoms with van der Waals surface area (Å²) in [6, 6.07) is 0.632. The van der Waals surface area contributed by atoms with Crippen LogP contribution in [-0.4, -0.2) is 35.3 Å². The summed E-state index contributed by atoms with van der Waals surface area (Å²) in [6.07, 6.45) is 9.42. The molecular weight excluding hydrogens is 240 g/mol. The van der Waals surface area contributed by atoms with Crippen LogP contribution >= 0.6 is 0 Å². The molecule has 1 heterocycles. The SMILES string of the molecule is O=C1CCCC1C1CCCCN1C(=O)NC1CCC1. The third-order valence-corrected chi connectivity index (χ3v) is 5.06. The molecule has 2 atom stereocenters. The zero-order valence-corrected chi connectivity index (χ0v) is 11.6. The normalized spacial score (nSPS) is 32.2. The summed E-state index contributed by atoms with van der Waals surface area (Å²) in [7, 11) is 0. The van der Waals surface area contributed by atoms with Gasteiger partial charge in [0.15, 0.2) is 0 Å². The van der Waals surface area contributed by atoms with E-state index < -0.39 is 0 Å². The Morgan fingerprint density at radius 1 is 1.05 bits per heavy atom. The van der Waals surface area contributed by atoms with Crippen molar-refractivity contribution >= 4 is 11.8 Å². The number of nitrogens with one attached hydrogen (secondary N) is 1. The molecule has 2 aliphatic carbocycles. The molecule has 1 N–H and O–H groups in total. The first-order chi connectivity index (χ1) is 9.25. The van der Waals surface area contributed by atoms with Crippen LogP contribution in [0.4, 0.5) is 4.79 Å². The maximum Gasteiger partial charge on any atom is 0.317 e. The highest BCUT2D eigenvalue weighted by Gasteiger charge is 2.39. The van der Waals surface area contributed by atoms with E-state index in [2.05, 4.69) is 5.32 Å². The van der Waals surface area contributed by atoms with Gasteiger partial charge in [0.25, 0.3) is 0 Å². The average molecular weight is 264 g/mol. The van der Waals surface area contributed by atoms with Gasteiger partial charge in [-0.2, -0.15) is 0 Å². The molecule has 106 valence electrons. The second-order valence-corrected chi connectivity index (χ2v) is 6.30. The van der Waals surface area contributed by atoms with Crippen molar-refractivity contribution in [3.05, 3.63) is 0 Å². The fourth-order valence-electron chi connectivity index (χ4n) is 3.69. The second kappa shape index (κ2) is 5.51. The molecule has 4 heteroatoms. The second-order valence-electron chi connectivity index (χ2n) is 6.30. The Balaban J connectivity index is 1.65. The number of likely N-dealkylation sites (tertiary alicyclic amines) is 1. The number of rotatable bonds is 2. The van der Waals surface area contributed by atoms with Crippen molar-refractivity contribution < 1.29 is 9.59 Å². The van der Waals surface area contributed by atoms with E-state index in [1.165, 1.54) is 6.42 Å². The quantitative estimate of drug-likeness (QED) is 0.833. The van der Waals surface area contributed by atoms with Crippen LogP contribution < -0.4 is 5.32 Å². The van der Waals surface area contributed by atoms with Gasteiger partial charge >= 0.3 is 6.03 Å². The number of carbonyl (C=O) groups is 2. The van der Waals surface area contributed by atoms with E-state index in [0.29, 0.717) is 11.8 Å². The molecule has 4 nitrogen and oxygen atoms in total. The Morgan fingerprint density at radius 2 is 1.89 bits per heavy atom. The molecule has 0 spiro atoms. The van der Waals surface area contributed by atoms with Crippen molar-refractivity contribution in [3.63, 3.8) is 0 Å². The maximum absolute atomic E-state index is 12.4. The molecule has 0 aromatic heterocycles. The van der Waals surface area contributed by atoms with E-state index in [0.717, 1.165) is 57.9 Å². The van der Waals surface area contributed by atoms with E-state index in [4.69, 9.17) is 0 Å². The van der Waals surface area contributed by atoms with E-state index in [-0.39, 0.29) is 18.0 Å². The summed E-state index contributed by atoms with van der Waals surface area (Å²) < 4.78 is 0. The van der Waals surface area contributed by atoms with Gasteiger partial charge in [0, 0.05) is 31.0 Å². The number of urea groups is 1. The Labute approximate surface area is 114 Å². The number of carbonyl (C=O) groups excluding carboxylic acids is 2. The van der Waals surface area contributed by atoms with Crippen LogP contribution in [0, 0.1) is 5.92 Å². The van der Waals surface area contributed by atoms with Crippen LogP contribution in [-0.2, 0) is 4.79 Å². The molecule has 0 aromatic carbocycles. The first-order valence-electron chi connectivity index (χ1n) is 7.85. The lowest BCUT2D eigenvalue weighted by Gasteiger charge is -2.40. The monoisotopic (exact) mass is 264 g/mol. The Morgan fingerprint density at radius 3 is 2.53 bits per heavy atom. The predicted molar refractivity (Wildman–Crippen MR) is 72.9 cm³/mol. The van der Waals surface area contributed by atoms with Gasteiger partial charge in [-0.05, 0) is 51.4 Å². The van der Waals surface area contributed by atoms with Gasteiger partial charge in [0.05, 0.1) is 0 Å². The number of Topliss-reactive ketones (excluding diaryl/α,β-unsaturated/α-hetero) is 1. The minimum Gasteiger partial charge on any atom is -0.335 e. The van der Waals surface area contributed by atoms with E-state index in [1.807, 2.05) is 4.90 Å². The van der Waals surface area contributed by atoms with Crippen molar-refractivity contribution in [1.29, 1.82) is 0 Å². The van der Waals surface area contributed by atoms with Crippen molar-refractivity contribution in [2.24, 2.45) is 5.92 Å². The topological polar surface area (TPSA) is 49.4 Å². The largest absolute Gasteiger partial charge is 0.335 e. The van der Waals surface area contributed by atoms with Gasteiger partial charge in [0.1, 0.15) is 5.78 Å². The third-order valence-electron chi connectivity index (χ3n) is 5.06. The van der Waals surface area contributed by atoms with E-state index >= 15 is 0 Å². The number of hydrogen-bond donors (Lipinski definition) is 1. The average Bonchev–Trinajstić information content (AvgIpc) is 2.80. The predicted octanol–water partition coefficient (Wildman–Crippen LogP) is 2.47. The van der Waals surface area contributed by atoms with Gasteiger partial charge in [-0.1, -0.05) is 0 Å². The zero-order chi connectivity index (χ0) is 13.2. The molecular formula is C15H24N2O2. The highest BCUT2D eigenvalue weighted by Crippen LogP contribution is 2.33. The van der Waals surface area contributed by atoms with Crippen molar-refractivity contribution in [2.75, 3.05) is 6.54 Å². The van der Waals surface area contributed by atoms with Gasteiger partial charge in [-0.25, -0.2) is 4.79 Å². The minimum absolute atomic E-state index is 0.0779. The highest BCUT2D eigenvalue weighted by molar-refractivity contribution is 5.84. The summed E-state index contributed by atoms with van der Waals surface area (Å²) in [5.74, 6) is 0.501. The standard InChI is InChI=1S/C15H24N2O2/c18-14-9-4-7-12(14)13-8-1-2-10-17(13)15(19)16-11-5-3-6-11/h11-13H,1-10H2,(H,16,19). The van der Waals surface area contributed by atoms with Crippen molar-refractivity contribution in [2.45, 2.75) is 69.9 Å². The molecule has 3 fully saturated rings. The summed E-state index contributed by atoms with van der Waals surface area (Å²) in [5, 5.41) is 3.13. The number of hydrogen-bond acceptors (Lipinski definition) is 2. The van der Waals surface area contributed by atoms with E-state index in [9.17, 15) is 9.59 Å². The smallest absolute Gasteiger partial charge is 0.317 e. The number of amides is 2. The highest BCUT2D eigenvalue weighted by atomic mass is 16.2. The lowest BCUT2D eigenvalue weighted by Crippen LogP contribution is -2.55. The van der Waals surface area contributed by atoms with Gasteiger partial charge in [-0.3, -0.25) is 4.79 Å². The Hall–Kier alpha value is -1.06. The molecule has 2 amide bonds. The summed E-state index contributed by atoms with van der Waals surface area (Å²) in [4.78, 5) is 26.3. The molecule has 19 heavy (non-hydrogen) atoms. The van der Waals surface area contributed by atoms with Crippen LogP contribution in [0.5, 0.6) is 0 Å². The zero-order valence-electron chi connectivity index (χ0n) is 11.6. The minimum atomic E-state index is 0.0779. The Bertz CT molecular complexity index is 365. The molecule has 2 saturated carbocycles. The Kier molecular flexibility index (Phi) is 3.76. The number of ketones is 1. The molecule has 3 rings (SSSR count). The lowest BCUT2D eigenvalue weighted by atomic mass is 9.88. The first-order valence-corrected chi connectivity index (χ1v) is 7.85. The third kappa shape index (κ3) is 2.63. The number of nitrogens with zero attached hydrogens (tertiary/aromatic N) is 1. The molecule has 2 unspecified atom stereocenters. The maximum atomic E-state index is 12.4. The van der Waals surface area contributed by atoms with Crippen LogP contribution in [0.15, 0.2) is 0 Å². The van der Waals surface area contributed by atoms with E-state index in [1.54, 1.807) is 0 Å². The fourth-order valence-corrected chi connectivity index (χ4v) is 3.69. The van der Waals surface area contributed by atoms with Crippen LogP contribution in [0.1, 0.15) is 57.8 Å². The lowest BCUT2D eigenvalue weighted by molar-refractivity contribution is -0.122. The van der Waals surface area contributed by atoms with Crippen LogP contribution in [0.3, 0.4) is 0 Å². The molecule has 1 saturated heterocycles. The molecule has 3 aliphatic rings. The van der Waals surface area contributed by atoms with Crippen LogP contribution in [0.2, 0.25) is 0 Å². The summed E-state index contributed by atoms with van der Waals surface area (Å²) in [6.45, 7) is 0.826. The first kappa shape index (κ1) is 12.9. The number of piperidine rings is 1. The molecule has 0 bridgehead atoms. The van der Waals surface area contributed by atoms with Gasteiger partial charge in [0.2, 0.25) is 0 Å². The van der Waals surface area contributed by atoms with Crippen LogP contribution in [0.25, 0.3) is 0 Å². The molecule has 1 aliphatic heterocycles. The molecule has 0 aromatic rings. The molecule has 0 radical (unpaired) electrons.